The van der Waals surface area contributed by atoms with Crippen molar-refractivity contribution >= 4 is 29.9 Å². The predicted octanol–water partition coefficient (Wildman–Crippen LogP) is 4.01. The number of aliphatic imine (C=N–C) groups is 1. The second-order valence-corrected chi connectivity index (χ2v) is 6.67. The molecule has 0 unspecified atom stereocenters. The van der Waals surface area contributed by atoms with Gasteiger partial charge in [-0.25, -0.2) is 9.98 Å². The van der Waals surface area contributed by atoms with E-state index in [1.807, 2.05) is 49.5 Å². The van der Waals surface area contributed by atoms with E-state index in [0.717, 1.165) is 59.6 Å². The maximum atomic E-state index is 5.37. The van der Waals surface area contributed by atoms with E-state index in [2.05, 4.69) is 37.7 Å². The summed E-state index contributed by atoms with van der Waals surface area (Å²) in [6, 6.07) is 16.1. The molecule has 0 spiro atoms. The topological polar surface area (TPSA) is 83.6 Å². The van der Waals surface area contributed by atoms with E-state index in [-0.39, 0.29) is 24.0 Å². The summed E-state index contributed by atoms with van der Waals surface area (Å²) >= 11 is 0. The first-order valence-corrected chi connectivity index (χ1v) is 10.1. The summed E-state index contributed by atoms with van der Waals surface area (Å²) in [5.41, 5.74) is 3.27. The molecule has 3 N–H and O–H groups in total. The third kappa shape index (κ3) is 7.16. The Balaban J connectivity index is 0.00000341. The number of rotatable bonds is 9. The number of benzene rings is 2. The smallest absolute Gasteiger partial charge is 0.191 e. The zero-order valence-electron chi connectivity index (χ0n) is 18.1. The zero-order chi connectivity index (χ0) is 21.2. The molecular weight excluding hydrogens is 505 g/mol. The van der Waals surface area contributed by atoms with Crippen LogP contribution >= 0.6 is 24.0 Å². The van der Waals surface area contributed by atoms with Crippen molar-refractivity contribution in [2.24, 2.45) is 4.99 Å². The summed E-state index contributed by atoms with van der Waals surface area (Å²) in [5.74, 6) is 3.06. The Morgan fingerprint density at radius 1 is 1.03 bits per heavy atom. The van der Waals surface area contributed by atoms with Crippen LogP contribution in [0, 0.1) is 0 Å². The van der Waals surface area contributed by atoms with Crippen molar-refractivity contribution in [1.82, 2.24) is 20.6 Å². The van der Waals surface area contributed by atoms with Crippen molar-refractivity contribution in [3.63, 3.8) is 0 Å². The minimum absolute atomic E-state index is 0. The van der Waals surface area contributed by atoms with E-state index in [0.29, 0.717) is 6.54 Å². The molecule has 3 rings (SSSR count). The highest BCUT2D eigenvalue weighted by Crippen LogP contribution is 2.27. The number of aromatic amines is 1. The molecule has 0 bridgehead atoms. The molecule has 166 valence electrons. The van der Waals surface area contributed by atoms with Crippen LogP contribution in [0.25, 0.3) is 11.3 Å². The van der Waals surface area contributed by atoms with Crippen LogP contribution in [0.4, 0.5) is 0 Å². The molecule has 31 heavy (non-hydrogen) atoms. The van der Waals surface area contributed by atoms with E-state index in [9.17, 15) is 0 Å². The normalized spacial score (nSPS) is 10.9. The molecule has 0 aliphatic rings. The molecule has 8 heteroatoms. The van der Waals surface area contributed by atoms with Crippen LogP contribution < -0.4 is 20.1 Å². The number of nitrogens with zero attached hydrogens (tertiary/aromatic N) is 2. The van der Waals surface area contributed by atoms with Gasteiger partial charge in [-0.1, -0.05) is 36.4 Å². The summed E-state index contributed by atoms with van der Waals surface area (Å²) in [6.07, 6.45) is 2.68. The molecule has 0 radical (unpaired) electrons. The summed E-state index contributed by atoms with van der Waals surface area (Å²) in [7, 11) is 3.29. The van der Waals surface area contributed by atoms with Crippen LogP contribution in [-0.2, 0) is 13.0 Å². The first-order chi connectivity index (χ1) is 14.7. The van der Waals surface area contributed by atoms with Gasteiger partial charge in [0.05, 0.1) is 26.1 Å². The molecule has 0 saturated heterocycles. The summed E-state index contributed by atoms with van der Waals surface area (Å²) in [4.78, 5) is 12.4. The molecular formula is C23H30IN5O2. The summed E-state index contributed by atoms with van der Waals surface area (Å²) in [5, 5.41) is 6.64. The largest absolute Gasteiger partial charge is 0.493 e. The van der Waals surface area contributed by atoms with Crippen LogP contribution in [0.1, 0.15) is 18.3 Å². The van der Waals surface area contributed by atoms with Gasteiger partial charge in [-0.15, -0.1) is 24.0 Å². The van der Waals surface area contributed by atoms with Gasteiger partial charge in [0.15, 0.2) is 17.5 Å². The van der Waals surface area contributed by atoms with Crippen LogP contribution in [0.2, 0.25) is 0 Å². The maximum Gasteiger partial charge on any atom is 0.191 e. The number of guanidine groups is 1. The Kier molecular flexibility index (Phi) is 10.2. The molecule has 0 saturated carbocycles. The zero-order valence-corrected chi connectivity index (χ0v) is 20.5. The van der Waals surface area contributed by atoms with E-state index < -0.39 is 0 Å². The third-order valence-corrected chi connectivity index (χ3v) is 4.60. The number of H-pyrrole nitrogens is 1. The lowest BCUT2D eigenvalue weighted by molar-refractivity contribution is 0.354. The summed E-state index contributed by atoms with van der Waals surface area (Å²) in [6.45, 7) is 4.05. The lowest BCUT2D eigenvalue weighted by atomic mass is 10.1. The number of aromatic nitrogens is 2. The number of hydrogen-bond acceptors (Lipinski definition) is 4. The fourth-order valence-electron chi connectivity index (χ4n) is 3.06. The van der Waals surface area contributed by atoms with Crippen LogP contribution in [0.3, 0.4) is 0 Å². The van der Waals surface area contributed by atoms with Crippen molar-refractivity contribution in [2.75, 3.05) is 27.3 Å². The van der Waals surface area contributed by atoms with Crippen LogP contribution in [0.15, 0.2) is 59.7 Å². The van der Waals surface area contributed by atoms with Gasteiger partial charge in [0.25, 0.3) is 0 Å². The van der Waals surface area contributed by atoms with Gasteiger partial charge in [-0.2, -0.15) is 0 Å². The quantitative estimate of drug-likeness (QED) is 0.219. The second kappa shape index (κ2) is 12.8. The minimum Gasteiger partial charge on any atom is -0.493 e. The molecule has 7 nitrogen and oxygen atoms in total. The SMILES string of the molecule is CCNC(=NCc1ncc(-c2ccccc2)[nH]1)NCCc1ccc(OC)c(OC)c1.I. The van der Waals surface area contributed by atoms with Gasteiger partial charge >= 0.3 is 0 Å². The molecule has 0 aliphatic heterocycles. The number of methoxy groups -OCH3 is 2. The lowest BCUT2D eigenvalue weighted by Crippen LogP contribution is -2.38. The Morgan fingerprint density at radius 2 is 1.81 bits per heavy atom. The maximum absolute atomic E-state index is 5.37. The molecule has 0 fully saturated rings. The second-order valence-electron chi connectivity index (χ2n) is 6.67. The minimum atomic E-state index is 0. The van der Waals surface area contributed by atoms with E-state index in [4.69, 9.17) is 9.47 Å². The molecule has 1 heterocycles. The van der Waals surface area contributed by atoms with Crippen molar-refractivity contribution in [2.45, 2.75) is 19.9 Å². The van der Waals surface area contributed by atoms with Crippen molar-refractivity contribution in [3.8, 4) is 22.8 Å². The van der Waals surface area contributed by atoms with Gasteiger partial charge in [0.2, 0.25) is 0 Å². The monoisotopic (exact) mass is 535 g/mol. The Labute approximate surface area is 200 Å². The Bertz CT molecular complexity index is 960. The predicted molar refractivity (Wildman–Crippen MR) is 136 cm³/mol. The molecule has 3 aromatic rings. The van der Waals surface area contributed by atoms with Crippen LogP contribution in [0.5, 0.6) is 11.5 Å². The number of nitrogens with one attached hydrogen (secondary N) is 3. The van der Waals surface area contributed by atoms with Crippen molar-refractivity contribution < 1.29 is 9.47 Å². The number of ether oxygens (including phenoxy) is 2. The van der Waals surface area contributed by atoms with Gasteiger partial charge in [-0.05, 0) is 36.6 Å². The highest BCUT2D eigenvalue weighted by molar-refractivity contribution is 14.0. The highest BCUT2D eigenvalue weighted by atomic mass is 127. The lowest BCUT2D eigenvalue weighted by Gasteiger charge is -2.12. The van der Waals surface area contributed by atoms with E-state index in [1.165, 1.54) is 0 Å². The Hall–Kier alpha value is -2.75. The third-order valence-electron chi connectivity index (χ3n) is 4.60. The van der Waals surface area contributed by atoms with Crippen LogP contribution in [-0.4, -0.2) is 43.2 Å². The number of imidazole rings is 1. The molecule has 0 aliphatic carbocycles. The van der Waals surface area contributed by atoms with Gasteiger partial charge < -0.3 is 25.1 Å². The number of halogens is 1. The first kappa shape index (κ1) is 24.5. The van der Waals surface area contributed by atoms with Gasteiger partial charge in [-0.3, -0.25) is 0 Å². The summed E-state index contributed by atoms with van der Waals surface area (Å²) < 4.78 is 10.7. The fraction of sp³-hybridized carbons (Fsp3) is 0.304. The van der Waals surface area contributed by atoms with E-state index >= 15 is 0 Å². The average Bonchev–Trinajstić information content (AvgIpc) is 3.27. The fourth-order valence-corrected chi connectivity index (χ4v) is 3.06. The standard InChI is InChI=1S/C23H29N5O2.HI/c1-4-24-23(25-13-12-17-10-11-20(29-2)21(14-17)30-3)27-16-22-26-15-19(28-22)18-8-6-5-7-9-18;/h5-11,14-15H,4,12-13,16H2,1-3H3,(H,26,28)(H2,24,25,27);1H. The van der Waals surface area contributed by atoms with E-state index in [1.54, 1.807) is 14.2 Å². The highest BCUT2D eigenvalue weighted by Gasteiger charge is 2.06. The first-order valence-electron chi connectivity index (χ1n) is 10.1. The van der Waals surface area contributed by atoms with Crippen molar-refractivity contribution in [3.05, 3.63) is 66.1 Å². The molecule has 0 atom stereocenters. The molecule has 0 amide bonds. The number of hydrogen-bond donors (Lipinski definition) is 3. The average molecular weight is 535 g/mol. The van der Waals surface area contributed by atoms with Crippen molar-refractivity contribution in [1.29, 1.82) is 0 Å². The molecule has 1 aromatic heterocycles. The Morgan fingerprint density at radius 3 is 2.52 bits per heavy atom. The molecule has 2 aromatic carbocycles. The van der Waals surface area contributed by atoms with Gasteiger partial charge in [0.1, 0.15) is 12.4 Å². The van der Waals surface area contributed by atoms with Gasteiger partial charge in [0, 0.05) is 13.1 Å².